The number of amides is 1. The summed E-state index contributed by atoms with van der Waals surface area (Å²) < 4.78 is 1.98. The van der Waals surface area contributed by atoms with Crippen LogP contribution in [-0.4, -0.2) is 64.3 Å². The van der Waals surface area contributed by atoms with Gasteiger partial charge in [-0.15, -0.1) is 0 Å². The van der Waals surface area contributed by atoms with Crippen molar-refractivity contribution >= 4 is 5.91 Å². The molecule has 2 fully saturated rings. The lowest BCUT2D eigenvalue weighted by Gasteiger charge is -2.37. The van der Waals surface area contributed by atoms with Gasteiger partial charge < -0.3 is 15.5 Å². The van der Waals surface area contributed by atoms with Crippen LogP contribution < -0.4 is 5.73 Å². The molecule has 2 N–H and O–H groups in total. The number of nitrogens with zero attached hydrogens (tertiary/aromatic N) is 4. The third kappa shape index (κ3) is 4.12. The average Bonchev–Trinajstić information content (AvgIpc) is 3.23. The number of rotatable bonds is 5. The highest BCUT2D eigenvalue weighted by Gasteiger charge is 2.33. The molecule has 0 radical (unpaired) electrons. The maximum absolute atomic E-state index is 12.6. The van der Waals surface area contributed by atoms with Crippen molar-refractivity contribution in [3.63, 3.8) is 0 Å². The van der Waals surface area contributed by atoms with Crippen molar-refractivity contribution in [2.24, 2.45) is 11.7 Å². The first-order valence-corrected chi connectivity index (χ1v) is 8.85. The maximum atomic E-state index is 12.6. The highest BCUT2D eigenvalue weighted by Crippen LogP contribution is 2.27. The fourth-order valence-corrected chi connectivity index (χ4v) is 3.92. The molecule has 1 saturated heterocycles. The molecular weight excluding hydrogens is 290 g/mol. The average molecular weight is 319 g/mol. The minimum atomic E-state index is 0.160. The van der Waals surface area contributed by atoms with E-state index < -0.39 is 0 Å². The molecule has 0 aromatic carbocycles. The van der Waals surface area contributed by atoms with E-state index in [1.807, 2.05) is 35.1 Å². The second kappa shape index (κ2) is 7.45. The Morgan fingerprint density at radius 1 is 1.26 bits per heavy atom. The molecule has 1 saturated carbocycles. The lowest BCUT2D eigenvalue weighted by atomic mass is 10.00. The van der Waals surface area contributed by atoms with E-state index in [1.54, 1.807) is 0 Å². The summed E-state index contributed by atoms with van der Waals surface area (Å²) in [5.41, 5.74) is 5.95. The minimum absolute atomic E-state index is 0.160. The van der Waals surface area contributed by atoms with Crippen molar-refractivity contribution in [1.82, 2.24) is 19.6 Å². The van der Waals surface area contributed by atoms with Crippen molar-refractivity contribution in [1.29, 1.82) is 0 Å². The quantitative estimate of drug-likeness (QED) is 0.877. The van der Waals surface area contributed by atoms with Gasteiger partial charge in [0.05, 0.1) is 6.54 Å². The normalized spacial score (nSPS) is 26.5. The summed E-state index contributed by atoms with van der Waals surface area (Å²) >= 11 is 0. The van der Waals surface area contributed by atoms with Crippen molar-refractivity contribution in [2.75, 3.05) is 26.7 Å². The third-order valence-electron chi connectivity index (χ3n) is 5.48. The molecule has 3 rings (SSSR count). The van der Waals surface area contributed by atoms with Crippen LogP contribution in [0.4, 0.5) is 0 Å². The molecule has 2 unspecified atom stereocenters. The van der Waals surface area contributed by atoms with Gasteiger partial charge in [-0.3, -0.25) is 9.48 Å². The van der Waals surface area contributed by atoms with Crippen LogP contribution in [0.3, 0.4) is 0 Å². The number of carbonyl (C=O) groups is 1. The lowest BCUT2D eigenvalue weighted by Crippen LogP contribution is -2.47. The highest BCUT2D eigenvalue weighted by molar-refractivity contribution is 5.79. The Balaban J connectivity index is 1.42. The van der Waals surface area contributed by atoms with E-state index in [4.69, 9.17) is 5.73 Å². The number of piperidine rings is 1. The van der Waals surface area contributed by atoms with Gasteiger partial charge in [-0.1, -0.05) is 0 Å². The van der Waals surface area contributed by atoms with Crippen molar-refractivity contribution in [3.8, 4) is 0 Å². The van der Waals surface area contributed by atoms with Gasteiger partial charge in [0.2, 0.25) is 5.91 Å². The topological polar surface area (TPSA) is 67.4 Å². The van der Waals surface area contributed by atoms with Crippen LogP contribution in [0.15, 0.2) is 18.5 Å². The Morgan fingerprint density at radius 3 is 2.65 bits per heavy atom. The van der Waals surface area contributed by atoms with E-state index in [0.29, 0.717) is 11.9 Å². The summed E-state index contributed by atoms with van der Waals surface area (Å²) in [4.78, 5) is 17.1. The molecule has 6 nitrogen and oxygen atoms in total. The lowest BCUT2D eigenvalue weighted by molar-refractivity contribution is -0.137. The maximum Gasteiger partial charge on any atom is 0.225 e. The first-order chi connectivity index (χ1) is 11.1. The predicted molar refractivity (Wildman–Crippen MR) is 89.8 cm³/mol. The molecule has 1 amide bonds. The van der Waals surface area contributed by atoms with Gasteiger partial charge in [0.25, 0.3) is 0 Å². The molecule has 1 aliphatic heterocycles. The number of nitrogens with two attached hydrogens (primary N) is 1. The molecule has 1 aliphatic carbocycles. The largest absolute Gasteiger partial charge is 0.342 e. The van der Waals surface area contributed by atoms with Gasteiger partial charge in [0.15, 0.2) is 0 Å². The Morgan fingerprint density at radius 2 is 2.04 bits per heavy atom. The smallest absolute Gasteiger partial charge is 0.225 e. The fraction of sp³-hybridized carbons (Fsp3) is 0.765. The van der Waals surface area contributed by atoms with Gasteiger partial charge in [0, 0.05) is 57.1 Å². The van der Waals surface area contributed by atoms with Gasteiger partial charge in [-0.2, -0.15) is 5.10 Å². The molecule has 2 aliphatic rings. The van der Waals surface area contributed by atoms with Crippen LogP contribution in [0.25, 0.3) is 0 Å². The summed E-state index contributed by atoms with van der Waals surface area (Å²) in [7, 11) is 1.98. The second-order valence-electron chi connectivity index (χ2n) is 7.06. The number of carbonyl (C=O) groups excluding carboxylic acids is 1. The predicted octanol–water partition coefficient (Wildman–Crippen LogP) is 0.933. The van der Waals surface area contributed by atoms with E-state index in [1.165, 1.54) is 0 Å². The van der Waals surface area contributed by atoms with Gasteiger partial charge in [-0.05, 0) is 38.2 Å². The molecule has 1 aromatic heterocycles. The van der Waals surface area contributed by atoms with E-state index in [9.17, 15) is 4.79 Å². The molecule has 1 aromatic rings. The van der Waals surface area contributed by atoms with Gasteiger partial charge in [0.1, 0.15) is 0 Å². The van der Waals surface area contributed by atoms with Crippen molar-refractivity contribution in [2.45, 2.75) is 50.7 Å². The Labute approximate surface area is 138 Å². The van der Waals surface area contributed by atoms with Crippen molar-refractivity contribution in [3.05, 3.63) is 18.5 Å². The van der Waals surface area contributed by atoms with E-state index in [-0.39, 0.29) is 12.0 Å². The number of hydrogen-bond acceptors (Lipinski definition) is 4. The molecule has 2 heterocycles. The number of aromatic nitrogens is 2. The Kier molecular flexibility index (Phi) is 5.33. The van der Waals surface area contributed by atoms with Crippen LogP contribution in [-0.2, 0) is 11.3 Å². The number of hydrogen-bond donors (Lipinski definition) is 1. The molecule has 6 heteroatoms. The first-order valence-electron chi connectivity index (χ1n) is 8.85. The third-order valence-corrected chi connectivity index (χ3v) is 5.48. The highest BCUT2D eigenvalue weighted by atomic mass is 16.2. The zero-order chi connectivity index (χ0) is 16.2. The van der Waals surface area contributed by atoms with Gasteiger partial charge >= 0.3 is 0 Å². The number of likely N-dealkylation sites (tertiary alicyclic amines) is 1. The van der Waals surface area contributed by atoms with E-state index in [2.05, 4.69) is 10.00 Å². The molecule has 128 valence electrons. The van der Waals surface area contributed by atoms with Crippen LogP contribution in [0.2, 0.25) is 0 Å². The summed E-state index contributed by atoms with van der Waals surface area (Å²) in [5, 5.41) is 4.24. The zero-order valence-corrected chi connectivity index (χ0v) is 14.1. The van der Waals surface area contributed by atoms with Crippen LogP contribution in [0, 0.1) is 5.92 Å². The molecule has 23 heavy (non-hydrogen) atoms. The van der Waals surface area contributed by atoms with Crippen molar-refractivity contribution < 1.29 is 4.79 Å². The fourth-order valence-electron chi connectivity index (χ4n) is 3.92. The van der Waals surface area contributed by atoms with Crippen LogP contribution in [0.1, 0.15) is 32.1 Å². The van der Waals surface area contributed by atoms with Gasteiger partial charge in [-0.25, -0.2) is 0 Å². The van der Waals surface area contributed by atoms with Crippen LogP contribution >= 0.6 is 0 Å². The first kappa shape index (κ1) is 16.5. The standard InChI is InChI=1S/C17H29N5O/c1-20(17(23)14-3-4-15(18)13-14)16-5-9-21(10-6-16)11-12-22-8-2-7-19-22/h2,7-8,14-16H,3-6,9-13,18H2,1H3. The Bertz CT molecular complexity index is 495. The monoisotopic (exact) mass is 319 g/mol. The summed E-state index contributed by atoms with van der Waals surface area (Å²) in [6.07, 6.45) is 8.79. The molecular formula is C17H29N5O. The Hall–Kier alpha value is -1.40. The molecule has 0 spiro atoms. The zero-order valence-electron chi connectivity index (χ0n) is 14.1. The summed E-state index contributed by atoms with van der Waals surface area (Å²) in [6.45, 7) is 4.09. The summed E-state index contributed by atoms with van der Waals surface area (Å²) in [5.74, 6) is 0.473. The minimum Gasteiger partial charge on any atom is -0.342 e. The summed E-state index contributed by atoms with van der Waals surface area (Å²) in [6, 6.07) is 2.57. The molecule has 2 atom stereocenters. The van der Waals surface area contributed by atoms with E-state index in [0.717, 1.165) is 58.3 Å². The molecule has 0 bridgehead atoms. The van der Waals surface area contributed by atoms with E-state index >= 15 is 0 Å². The SMILES string of the molecule is CN(C(=O)C1CCC(N)C1)C1CCN(CCn2cccn2)CC1. The van der Waals surface area contributed by atoms with Crippen LogP contribution in [0.5, 0.6) is 0 Å². The second-order valence-corrected chi connectivity index (χ2v) is 7.06.